The molecule has 3 heterocycles. The van der Waals surface area contributed by atoms with Crippen molar-refractivity contribution in [2.45, 2.75) is 53.4 Å². The summed E-state index contributed by atoms with van der Waals surface area (Å²) in [5.41, 5.74) is 10.9. The van der Waals surface area contributed by atoms with Gasteiger partial charge in [-0.1, -0.05) is 39.0 Å². The Hall–Kier alpha value is -4.37. The van der Waals surface area contributed by atoms with E-state index in [1.165, 1.54) is 0 Å². The number of methoxy groups -OCH3 is 1. The van der Waals surface area contributed by atoms with Gasteiger partial charge in [0.2, 0.25) is 5.95 Å². The second-order valence-corrected chi connectivity index (χ2v) is 12.0. The van der Waals surface area contributed by atoms with Gasteiger partial charge in [0.25, 0.3) is 5.91 Å². The molecule has 6 rings (SSSR count). The van der Waals surface area contributed by atoms with Crippen molar-refractivity contribution in [3.05, 3.63) is 76.1 Å². The van der Waals surface area contributed by atoms with Gasteiger partial charge in [-0.25, -0.2) is 9.97 Å². The molecule has 9 heteroatoms. The van der Waals surface area contributed by atoms with Crippen LogP contribution >= 0.6 is 0 Å². The molecule has 0 saturated carbocycles. The predicted octanol–water partition coefficient (Wildman–Crippen LogP) is 6.16. The minimum Gasteiger partial charge on any atom is -0.494 e. The van der Waals surface area contributed by atoms with Crippen LogP contribution in [-0.4, -0.2) is 65.2 Å². The number of benzene rings is 2. The van der Waals surface area contributed by atoms with Crippen molar-refractivity contribution in [1.29, 1.82) is 0 Å². The van der Waals surface area contributed by atoms with Crippen LogP contribution < -0.4 is 20.3 Å². The molecule has 45 heavy (non-hydrogen) atoms. The molecule has 236 valence electrons. The SMILES string of the molecule is CCc1cccc(CC)c1NC(=O)c1c2c(n(C)c1C)-c1nc(Nc3ccc(N4CCN(CC)CC4)cc3OC)ncc1CC2. The Kier molecular flexibility index (Phi) is 8.81. The lowest BCUT2D eigenvalue weighted by Crippen LogP contribution is -2.46. The van der Waals surface area contributed by atoms with Crippen LogP contribution in [0.4, 0.5) is 23.0 Å². The van der Waals surface area contributed by atoms with Crippen molar-refractivity contribution in [3.8, 4) is 17.1 Å². The monoisotopic (exact) mass is 607 g/mol. The molecule has 1 saturated heterocycles. The highest BCUT2D eigenvalue weighted by atomic mass is 16.5. The van der Waals surface area contributed by atoms with Crippen LogP contribution in [0.15, 0.2) is 42.6 Å². The van der Waals surface area contributed by atoms with Crippen molar-refractivity contribution >= 4 is 28.9 Å². The summed E-state index contributed by atoms with van der Waals surface area (Å²) in [4.78, 5) is 28.5. The van der Waals surface area contributed by atoms with E-state index in [1.54, 1.807) is 7.11 Å². The first-order valence-corrected chi connectivity index (χ1v) is 16.3. The zero-order valence-electron chi connectivity index (χ0n) is 27.5. The quantitative estimate of drug-likeness (QED) is 0.236. The summed E-state index contributed by atoms with van der Waals surface area (Å²) in [6.07, 6.45) is 5.18. The Bertz CT molecular complexity index is 1700. The summed E-state index contributed by atoms with van der Waals surface area (Å²) in [5.74, 6) is 1.19. The number of carbonyl (C=O) groups is 1. The van der Waals surface area contributed by atoms with Gasteiger partial charge in [-0.15, -0.1) is 0 Å². The number of aromatic nitrogens is 3. The van der Waals surface area contributed by atoms with Crippen molar-refractivity contribution in [1.82, 2.24) is 19.4 Å². The number of aryl methyl sites for hydroxylation is 3. The molecule has 0 spiro atoms. The maximum atomic E-state index is 13.9. The van der Waals surface area contributed by atoms with Gasteiger partial charge in [0.1, 0.15) is 5.75 Å². The lowest BCUT2D eigenvalue weighted by Gasteiger charge is -2.35. The van der Waals surface area contributed by atoms with E-state index in [4.69, 9.17) is 9.72 Å². The summed E-state index contributed by atoms with van der Waals surface area (Å²) in [5, 5.41) is 6.71. The summed E-state index contributed by atoms with van der Waals surface area (Å²) < 4.78 is 7.91. The molecule has 2 aromatic heterocycles. The highest BCUT2D eigenvalue weighted by molar-refractivity contribution is 6.08. The van der Waals surface area contributed by atoms with Crippen LogP contribution in [0.25, 0.3) is 11.4 Å². The largest absolute Gasteiger partial charge is 0.494 e. The topological polar surface area (TPSA) is 87.6 Å². The van der Waals surface area contributed by atoms with Gasteiger partial charge in [-0.2, -0.15) is 0 Å². The number of ether oxygens (including phenoxy) is 1. The maximum absolute atomic E-state index is 13.9. The van der Waals surface area contributed by atoms with E-state index in [2.05, 4.69) is 81.1 Å². The normalized spacial score (nSPS) is 14.6. The average Bonchev–Trinajstić information content (AvgIpc) is 3.34. The van der Waals surface area contributed by atoms with Gasteiger partial charge in [0.15, 0.2) is 0 Å². The summed E-state index contributed by atoms with van der Waals surface area (Å²) in [6.45, 7) is 13.7. The van der Waals surface area contributed by atoms with Gasteiger partial charge >= 0.3 is 0 Å². The molecular weight excluding hydrogens is 562 g/mol. The molecule has 0 atom stereocenters. The molecule has 1 amide bonds. The maximum Gasteiger partial charge on any atom is 0.257 e. The zero-order chi connectivity index (χ0) is 31.7. The van der Waals surface area contributed by atoms with Crippen LogP contribution in [0.2, 0.25) is 0 Å². The minimum absolute atomic E-state index is 0.0586. The Morgan fingerprint density at radius 2 is 1.73 bits per heavy atom. The van der Waals surface area contributed by atoms with Gasteiger partial charge in [-0.05, 0) is 73.5 Å². The Labute approximate surface area is 266 Å². The van der Waals surface area contributed by atoms with E-state index in [0.29, 0.717) is 5.95 Å². The fourth-order valence-electron chi connectivity index (χ4n) is 6.84. The highest BCUT2D eigenvalue weighted by Gasteiger charge is 2.30. The number of nitrogens with one attached hydrogen (secondary N) is 2. The van der Waals surface area contributed by atoms with E-state index in [9.17, 15) is 4.79 Å². The fourth-order valence-corrected chi connectivity index (χ4v) is 6.84. The lowest BCUT2D eigenvalue weighted by atomic mass is 9.92. The van der Waals surface area contributed by atoms with Gasteiger partial charge in [0, 0.05) is 62.6 Å². The number of hydrogen-bond acceptors (Lipinski definition) is 7. The molecule has 1 aliphatic heterocycles. The molecule has 2 N–H and O–H groups in total. The van der Waals surface area contributed by atoms with Crippen molar-refractivity contribution < 1.29 is 9.53 Å². The van der Waals surface area contributed by atoms with Crippen LogP contribution in [-0.2, 0) is 32.7 Å². The van der Waals surface area contributed by atoms with E-state index in [-0.39, 0.29) is 5.91 Å². The second kappa shape index (κ2) is 12.9. The highest BCUT2D eigenvalue weighted by Crippen LogP contribution is 2.39. The molecule has 1 fully saturated rings. The number of nitrogens with zero attached hydrogens (tertiary/aromatic N) is 5. The van der Waals surface area contributed by atoms with Crippen LogP contribution in [0.5, 0.6) is 5.75 Å². The van der Waals surface area contributed by atoms with Crippen molar-refractivity contribution in [2.24, 2.45) is 7.05 Å². The van der Waals surface area contributed by atoms with Gasteiger partial charge in [0.05, 0.1) is 29.7 Å². The average molecular weight is 608 g/mol. The third kappa shape index (κ3) is 5.77. The Morgan fingerprint density at radius 3 is 2.40 bits per heavy atom. The Morgan fingerprint density at radius 1 is 1.00 bits per heavy atom. The summed E-state index contributed by atoms with van der Waals surface area (Å²) in [7, 11) is 3.72. The zero-order valence-corrected chi connectivity index (χ0v) is 27.5. The molecule has 4 aromatic rings. The number of likely N-dealkylation sites (N-methyl/N-ethyl adjacent to an activating group) is 1. The molecule has 0 bridgehead atoms. The molecule has 2 aromatic carbocycles. The Balaban J connectivity index is 1.29. The molecular formula is C36H45N7O2. The van der Waals surface area contributed by atoms with Crippen LogP contribution in [0, 0.1) is 6.92 Å². The predicted molar refractivity (Wildman–Crippen MR) is 182 cm³/mol. The van der Waals surface area contributed by atoms with Crippen LogP contribution in [0.3, 0.4) is 0 Å². The first-order valence-electron chi connectivity index (χ1n) is 16.3. The number of rotatable bonds is 9. The second-order valence-electron chi connectivity index (χ2n) is 12.0. The first-order chi connectivity index (χ1) is 21.9. The lowest BCUT2D eigenvalue weighted by molar-refractivity contribution is 0.102. The third-order valence-corrected chi connectivity index (χ3v) is 9.60. The molecule has 0 unspecified atom stereocenters. The summed E-state index contributed by atoms with van der Waals surface area (Å²) in [6, 6.07) is 12.5. The third-order valence-electron chi connectivity index (χ3n) is 9.60. The van der Waals surface area contributed by atoms with Crippen molar-refractivity contribution in [2.75, 3.05) is 55.4 Å². The molecule has 2 aliphatic rings. The minimum atomic E-state index is -0.0586. The number of fused-ring (bicyclic) bond motifs is 3. The number of hydrogen-bond donors (Lipinski definition) is 2. The van der Waals surface area contributed by atoms with E-state index < -0.39 is 0 Å². The van der Waals surface area contributed by atoms with E-state index in [0.717, 1.165) is 126 Å². The van der Waals surface area contributed by atoms with Gasteiger partial charge in [-0.3, -0.25) is 4.79 Å². The van der Waals surface area contributed by atoms with Crippen LogP contribution in [0.1, 0.15) is 59.1 Å². The number of carbonyl (C=O) groups excluding carboxylic acids is 1. The van der Waals surface area contributed by atoms with E-state index in [1.807, 2.05) is 26.2 Å². The molecule has 1 aliphatic carbocycles. The number of anilines is 4. The molecule has 0 radical (unpaired) electrons. The fraction of sp³-hybridized carbons (Fsp3) is 0.417. The molecule has 9 nitrogen and oxygen atoms in total. The van der Waals surface area contributed by atoms with Crippen molar-refractivity contribution in [3.63, 3.8) is 0 Å². The number of para-hydroxylation sites is 1. The van der Waals surface area contributed by atoms with E-state index >= 15 is 0 Å². The smallest absolute Gasteiger partial charge is 0.257 e. The van der Waals surface area contributed by atoms with Gasteiger partial charge < -0.3 is 29.7 Å². The summed E-state index contributed by atoms with van der Waals surface area (Å²) >= 11 is 0. The first kappa shape index (κ1) is 30.6. The standard InChI is InChI=1S/C36H45N7O2/c1-7-24-11-10-12-25(8-2)32(24)39-35(44)31-23(4)41(5)34-28(31)15-13-26-22-37-36(40-33(26)34)38-29-16-14-27(21-30(29)45-6)43-19-17-42(9-3)18-20-43/h10-12,14,16,21-22H,7-9,13,15,17-20H2,1-6H3,(H,39,44)(H,37,38,40). The number of amides is 1. The number of piperazine rings is 1.